The molecule has 1 heterocycles. The summed E-state index contributed by atoms with van der Waals surface area (Å²) in [6.07, 6.45) is 1.73. The number of nitrogens with one attached hydrogen (secondary N) is 1. The van der Waals surface area contributed by atoms with Crippen molar-refractivity contribution in [2.45, 2.75) is 13.3 Å². The molecule has 1 amide bonds. The molecule has 0 bridgehead atoms. The van der Waals surface area contributed by atoms with Crippen LogP contribution in [0.4, 0.5) is 5.69 Å². The minimum atomic E-state index is -0.206. The SMILES string of the molecule is COc1ccc2c(CC(=O)Nc3ccccc3C(C)=O)coc2c1. The van der Waals surface area contributed by atoms with Crippen molar-refractivity contribution in [2.75, 3.05) is 12.4 Å². The molecule has 122 valence electrons. The summed E-state index contributed by atoms with van der Waals surface area (Å²) in [6, 6.07) is 12.4. The fourth-order valence-electron chi connectivity index (χ4n) is 2.59. The summed E-state index contributed by atoms with van der Waals surface area (Å²) < 4.78 is 10.6. The van der Waals surface area contributed by atoms with E-state index < -0.39 is 0 Å². The molecule has 1 N–H and O–H groups in total. The van der Waals surface area contributed by atoms with Crippen molar-refractivity contribution in [3.05, 3.63) is 59.9 Å². The summed E-state index contributed by atoms with van der Waals surface area (Å²) in [4.78, 5) is 24.0. The maximum absolute atomic E-state index is 12.3. The van der Waals surface area contributed by atoms with E-state index in [9.17, 15) is 9.59 Å². The van der Waals surface area contributed by atoms with Crippen LogP contribution in [0.5, 0.6) is 5.75 Å². The molecule has 24 heavy (non-hydrogen) atoms. The first kappa shape index (κ1) is 15.8. The molecule has 0 unspecified atom stereocenters. The number of ether oxygens (including phenoxy) is 1. The van der Waals surface area contributed by atoms with Crippen molar-refractivity contribution in [3.63, 3.8) is 0 Å². The van der Waals surface area contributed by atoms with Crippen LogP contribution in [0.2, 0.25) is 0 Å². The van der Waals surface area contributed by atoms with Crippen molar-refractivity contribution < 1.29 is 18.7 Å². The fraction of sp³-hybridized carbons (Fsp3) is 0.158. The van der Waals surface area contributed by atoms with Gasteiger partial charge in [-0.25, -0.2) is 0 Å². The highest BCUT2D eigenvalue weighted by molar-refractivity contribution is 6.04. The van der Waals surface area contributed by atoms with Crippen LogP contribution in [0.3, 0.4) is 0 Å². The fourth-order valence-corrected chi connectivity index (χ4v) is 2.59. The molecule has 3 aromatic rings. The first-order chi connectivity index (χ1) is 11.6. The Kier molecular flexibility index (Phi) is 4.33. The Labute approximate surface area is 139 Å². The third kappa shape index (κ3) is 3.15. The van der Waals surface area contributed by atoms with Gasteiger partial charge in [0.1, 0.15) is 11.3 Å². The highest BCUT2D eigenvalue weighted by atomic mass is 16.5. The van der Waals surface area contributed by atoms with Gasteiger partial charge in [-0.15, -0.1) is 0 Å². The number of methoxy groups -OCH3 is 1. The summed E-state index contributed by atoms with van der Waals surface area (Å²) in [5.74, 6) is 0.400. The predicted octanol–water partition coefficient (Wildman–Crippen LogP) is 3.83. The van der Waals surface area contributed by atoms with Crippen LogP contribution in [0, 0.1) is 0 Å². The third-order valence-electron chi connectivity index (χ3n) is 3.79. The summed E-state index contributed by atoms with van der Waals surface area (Å²) in [5, 5.41) is 3.66. The number of hydrogen-bond donors (Lipinski definition) is 1. The van der Waals surface area contributed by atoms with Gasteiger partial charge in [-0.2, -0.15) is 0 Å². The Morgan fingerprint density at radius 1 is 1.17 bits per heavy atom. The minimum absolute atomic E-state index is 0.0910. The normalized spacial score (nSPS) is 10.6. The van der Waals surface area contributed by atoms with E-state index in [2.05, 4.69) is 5.32 Å². The number of hydrogen-bond acceptors (Lipinski definition) is 4. The number of anilines is 1. The lowest BCUT2D eigenvalue weighted by Gasteiger charge is -2.08. The quantitative estimate of drug-likeness (QED) is 0.725. The number of para-hydroxylation sites is 1. The van der Waals surface area contributed by atoms with Crippen molar-refractivity contribution in [2.24, 2.45) is 0 Å². The Hall–Kier alpha value is -3.08. The Balaban J connectivity index is 1.80. The second-order valence-electron chi connectivity index (χ2n) is 5.45. The Bertz CT molecular complexity index is 911. The van der Waals surface area contributed by atoms with Crippen LogP contribution in [-0.2, 0) is 11.2 Å². The molecule has 0 aliphatic heterocycles. The third-order valence-corrected chi connectivity index (χ3v) is 3.79. The predicted molar refractivity (Wildman–Crippen MR) is 91.5 cm³/mol. The second kappa shape index (κ2) is 6.58. The summed E-state index contributed by atoms with van der Waals surface area (Å²) in [7, 11) is 1.59. The van der Waals surface area contributed by atoms with E-state index in [-0.39, 0.29) is 18.1 Å². The topological polar surface area (TPSA) is 68.5 Å². The van der Waals surface area contributed by atoms with Gasteiger partial charge < -0.3 is 14.5 Å². The molecule has 0 spiro atoms. The van der Waals surface area contributed by atoms with E-state index in [0.29, 0.717) is 22.6 Å². The zero-order chi connectivity index (χ0) is 17.1. The zero-order valence-corrected chi connectivity index (χ0v) is 13.5. The number of amides is 1. The van der Waals surface area contributed by atoms with Crippen LogP contribution < -0.4 is 10.1 Å². The van der Waals surface area contributed by atoms with E-state index in [1.165, 1.54) is 6.92 Å². The number of ketones is 1. The van der Waals surface area contributed by atoms with Gasteiger partial charge in [0.2, 0.25) is 5.91 Å². The molecular weight excluding hydrogens is 306 g/mol. The average molecular weight is 323 g/mol. The molecular formula is C19H17NO4. The highest BCUT2D eigenvalue weighted by Crippen LogP contribution is 2.26. The van der Waals surface area contributed by atoms with Gasteiger partial charge in [0.15, 0.2) is 5.78 Å². The number of carbonyl (C=O) groups is 2. The average Bonchev–Trinajstić information content (AvgIpc) is 2.97. The Morgan fingerprint density at radius 2 is 1.96 bits per heavy atom. The molecule has 0 aliphatic carbocycles. The van der Waals surface area contributed by atoms with Gasteiger partial charge in [0.05, 0.1) is 25.5 Å². The van der Waals surface area contributed by atoms with Crippen molar-refractivity contribution >= 4 is 28.3 Å². The zero-order valence-electron chi connectivity index (χ0n) is 13.5. The molecule has 0 fully saturated rings. The second-order valence-corrected chi connectivity index (χ2v) is 5.45. The van der Waals surface area contributed by atoms with Gasteiger partial charge in [0, 0.05) is 22.6 Å². The lowest BCUT2D eigenvalue weighted by atomic mass is 10.1. The van der Waals surface area contributed by atoms with Crippen LogP contribution in [-0.4, -0.2) is 18.8 Å². The lowest BCUT2D eigenvalue weighted by Crippen LogP contribution is -2.16. The van der Waals surface area contributed by atoms with Crippen molar-refractivity contribution in [1.82, 2.24) is 0 Å². The first-order valence-corrected chi connectivity index (χ1v) is 7.52. The Morgan fingerprint density at radius 3 is 2.71 bits per heavy atom. The first-order valence-electron chi connectivity index (χ1n) is 7.52. The van der Waals surface area contributed by atoms with Gasteiger partial charge >= 0.3 is 0 Å². The van der Waals surface area contributed by atoms with E-state index in [0.717, 1.165) is 10.9 Å². The van der Waals surface area contributed by atoms with Gasteiger partial charge in [-0.05, 0) is 31.2 Å². The molecule has 5 heteroatoms. The summed E-state index contributed by atoms with van der Waals surface area (Å²) in [5.41, 5.74) is 2.46. The van der Waals surface area contributed by atoms with Crippen molar-refractivity contribution in [3.8, 4) is 5.75 Å². The molecule has 0 aliphatic rings. The number of fused-ring (bicyclic) bond motifs is 1. The molecule has 0 saturated heterocycles. The smallest absolute Gasteiger partial charge is 0.228 e. The number of rotatable bonds is 5. The number of furan rings is 1. The van der Waals surface area contributed by atoms with E-state index in [1.54, 1.807) is 43.7 Å². The number of carbonyl (C=O) groups excluding carboxylic acids is 2. The number of benzene rings is 2. The molecule has 0 radical (unpaired) electrons. The van der Waals surface area contributed by atoms with Gasteiger partial charge in [-0.3, -0.25) is 9.59 Å². The number of Topliss-reactive ketones (excluding diaryl/α,β-unsaturated/α-hetero) is 1. The van der Waals surface area contributed by atoms with Gasteiger partial charge in [-0.1, -0.05) is 12.1 Å². The van der Waals surface area contributed by atoms with Gasteiger partial charge in [0.25, 0.3) is 0 Å². The van der Waals surface area contributed by atoms with Crippen LogP contribution in [0.1, 0.15) is 22.8 Å². The van der Waals surface area contributed by atoms with Crippen molar-refractivity contribution in [1.29, 1.82) is 0 Å². The van der Waals surface area contributed by atoms with Crippen LogP contribution in [0.25, 0.3) is 11.0 Å². The van der Waals surface area contributed by atoms with Crippen LogP contribution in [0.15, 0.2) is 53.1 Å². The maximum Gasteiger partial charge on any atom is 0.228 e. The molecule has 2 aromatic carbocycles. The molecule has 3 rings (SSSR count). The highest BCUT2D eigenvalue weighted by Gasteiger charge is 2.13. The monoisotopic (exact) mass is 323 g/mol. The maximum atomic E-state index is 12.3. The van der Waals surface area contributed by atoms with E-state index >= 15 is 0 Å². The molecule has 1 aromatic heterocycles. The van der Waals surface area contributed by atoms with Crippen LogP contribution >= 0.6 is 0 Å². The molecule has 0 atom stereocenters. The lowest BCUT2D eigenvalue weighted by molar-refractivity contribution is -0.115. The standard InChI is InChI=1S/C19H17NO4/c1-12(21)15-5-3-4-6-17(15)20-19(22)9-13-11-24-18-10-14(23-2)7-8-16(13)18/h3-8,10-11H,9H2,1-2H3,(H,20,22). The molecule has 0 saturated carbocycles. The molecule has 5 nitrogen and oxygen atoms in total. The summed E-state index contributed by atoms with van der Waals surface area (Å²) in [6.45, 7) is 1.47. The largest absolute Gasteiger partial charge is 0.497 e. The van der Waals surface area contributed by atoms with E-state index in [4.69, 9.17) is 9.15 Å². The minimum Gasteiger partial charge on any atom is -0.497 e. The summed E-state index contributed by atoms with van der Waals surface area (Å²) >= 11 is 0. The van der Waals surface area contributed by atoms with E-state index in [1.807, 2.05) is 12.1 Å².